The maximum atomic E-state index is 6.76. The van der Waals surface area contributed by atoms with Gasteiger partial charge in [0, 0.05) is 39.0 Å². The van der Waals surface area contributed by atoms with Crippen LogP contribution in [0.25, 0.3) is 54.6 Å². The minimum absolute atomic E-state index is 0.318. The first-order valence-electron chi connectivity index (χ1n) is 19.6. The fraction of sp³-hybridized carbons (Fsp3) is 0.0189. The molecule has 1 N–H and O–H groups in total. The summed E-state index contributed by atoms with van der Waals surface area (Å²) in [4.78, 5) is 12.7. The van der Waals surface area contributed by atoms with Crippen LogP contribution in [0.15, 0.2) is 221 Å². The molecule has 5 nitrogen and oxygen atoms in total. The molecule has 58 heavy (non-hydrogen) atoms. The Morgan fingerprint density at radius 3 is 1.88 bits per heavy atom. The first-order valence-corrected chi connectivity index (χ1v) is 19.6. The largest absolute Gasteiger partial charge is 0.456 e. The zero-order valence-electron chi connectivity index (χ0n) is 31.5. The molecule has 0 bridgehead atoms. The normalized spacial score (nSPS) is 14.0. The Bertz CT molecular complexity index is 3190. The van der Waals surface area contributed by atoms with Gasteiger partial charge in [-0.1, -0.05) is 152 Å². The number of hydrogen-bond acceptors (Lipinski definition) is 5. The first-order chi connectivity index (χ1) is 28.7. The molecule has 1 aliphatic rings. The summed E-state index contributed by atoms with van der Waals surface area (Å²) in [6.45, 7) is 0. The van der Waals surface area contributed by atoms with Gasteiger partial charge in [0.05, 0.1) is 0 Å². The Labute approximate surface area is 335 Å². The molecule has 0 spiro atoms. The average Bonchev–Trinajstić information content (AvgIpc) is 3.69. The molecular formula is C53H36N4O. The number of hydrogen-bond donors (Lipinski definition) is 1. The van der Waals surface area contributed by atoms with Crippen LogP contribution in [0.4, 0.5) is 17.1 Å². The summed E-state index contributed by atoms with van der Waals surface area (Å²) in [6, 6.07) is 72.3. The van der Waals surface area contributed by atoms with E-state index in [0.717, 1.165) is 78.0 Å². The van der Waals surface area contributed by atoms with Gasteiger partial charge in [0.2, 0.25) is 0 Å². The second-order valence-electron chi connectivity index (χ2n) is 14.6. The molecule has 0 saturated heterocycles. The van der Waals surface area contributed by atoms with Crippen LogP contribution in [-0.2, 0) is 0 Å². The highest BCUT2D eigenvalue weighted by Gasteiger charge is 2.24. The van der Waals surface area contributed by atoms with Crippen LogP contribution in [0.2, 0.25) is 0 Å². The van der Waals surface area contributed by atoms with Gasteiger partial charge in [-0.2, -0.15) is 0 Å². The van der Waals surface area contributed by atoms with Gasteiger partial charge >= 0.3 is 0 Å². The van der Waals surface area contributed by atoms with Crippen LogP contribution >= 0.6 is 0 Å². The Kier molecular flexibility index (Phi) is 8.14. The van der Waals surface area contributed by atoms with Gasteiger partial charge in [-0.25, -0.2) is 9.98 Å². The summed E-state index contributed by atoms with van der Waals surface area (Å²) in [5.74, 6) is 1.42. The van der Waals surface area contributed by atoms with E-state index in [1.54, 1.807) is 0 Å². The molecule has 2 heterocycles. The molecule has 5 heteroatoms. The van der Waals surface area contributed by atoms with Gasteiger partial charge in [0.25, 0.3) is 0 Å². The first kappa shape index (κ1) is 33.6. The summed E-state index contributed by atoms with van der Waals surface area (Å²) in [7, 11) is 0. The number of anilines is 3. The predicted octanol–water partition coefficient (Wildman–Crippen LogP) is 13.5. The predicted molar refractivity (Wildman–Crippen MR) is 241 cm³/mol. The third-order valence-corrected chi connectivity index (χ3v) is 11.1. The molecule has 0 radical (unpaired) electrons. The van der Waals surface area contributed by atoms with Crippen molar-refractivity contribution in [2.45, 2.75) is 6.17 Å². The fourth-order valence-electron chi connectivity index (χ4n) is 8.28. The smallest absolute Gasteiger partial charge is 0.159 e. The number of nitrogens with one attached hydrogen (secondary N) is 1. The lowest BCUT2D eigenvalue weighted by atomic mass is 9.94. The van der Waals surface area contributed by atoms with Crippen molar-refractivity contribution in [1.29, 1.82) is 0 Å². The topological polar surface area (TPSA) is 53.1 Å². The maximum Gasteiger partial charge on any atom is 0.159 e. The molecule has 0 aliphatic carbocycles. The zero-order chi connectivity index (χ0) is 38.4. The lowest BCUT2D eigenvalue weighted by molar-refractivity contribution is 0.668. The molecule has 9 aromatic carbocycles. The number of rotatable bonds is 7. The Morgan fingerprint density at radius 2 is 1.09 bits per heavy atom. The summed E-state index contributed by atoms with van der Waals surface area (Å²) in [6.07, 6.45) is -0.318. The highest BCUT2D eigenvalue weighted by atomic mass is 16.3. The molecule has 0 fully saturated rings. The van der Waals surface area contributed by atoms with Crippen molar-refractivity contribution in [3.05, 3.63) is 223 Å². The zero-order valence-corrected chi connectivity index (χ0v) is 31.5. The Morgan fingerprint density at radius 1 is 0.448 bits per heavy atom. The average molecular weight is 745 g/mol. The molecule has 0 saturated carbocycles. The minimum atomic E-state index is -0.318. The maximum absolute atomic E-state index is 6.76. The number of para-hydroxylation sites is 1. The number of amidine groups is 2. The molecule has 1 aromatic heterocycles. The van der Waals surface area contributed by atoms with Gasteiger partial charge < -0.3 is 14.6 Å². The van der Waals surface area contributed by atoms with Crippen molar-refractivity contribution in [3.8, 4) is 11.1 Å². The number of aliphatic imine (C=N–C) groups is 2. The van der Waals surface area contributed by atoms with Crippen molar-refractivity contribution in [2.24, 2.45) is 9.98 Å². The summed E-state index contributed by atoms with van der Waals surface area (Å²) >= 11 is 0. The molecular weight excluding hydrogens is 709 g/mol. The van der Waals surface area contributed by atoms with Crippen LogP contribution < -0.4 is 10.2 Å². The van der Waals surface area contributed by atoms with E-state index in [1.807, 2.05) is 36.4 Å². The molecule has 11 rings (SSSR count). The van der Waals surface area contributed by atoms with Crippen molar-refractivity contribution in [3.63, 3.8) is 0 Å². The minimum Gasteiger partial charge on any atom is -0.456 e. The summed E-state index contributed by atoms with van der Waals surface area (Å²) < 4.78 is 6.76. The Hall–Kier alpha value is -7.76. The fourth-order valence-corrected chi connectivity index (χ4v) is 8.28. The third-order valence-electron chi connectivity index (χ3n) is 11.1. The van der Waals surface area contributed by atoms with Gasteiger partial charge in [0.15, 0.2) is 5.84 Å². The lowest BCUT2D eigenvalue weighted by Gasteiger charge is -2.26. The third kappa shape index (κ3) is 5.97. The summed E-state index contributed by atoms with van der Waals surface area (Å²) in [5, 5.41) is 10.5. The van der Waals surface area contributed by atoms with E-state index in [-0.39, 0.29) is 6.17 Å². The second-order valence-corrected chi connectivity index (χ2v) is 14.6. The number of nitrogens with zero attached hydrogens (tertiary/aromatic N) is 3. The number of fused-ring (bicyclic) bond motifs is 6. The molecule has 0 amide bonds. The molecule has 1 atom stereocenters. The van der Waals surface area contributed by atoms with E-state index in [1.165, 1.54) is 16.2 Å². The SMILES string of the molecule is c1ccc(C2=NC(c3cc(-c4ccc(N(c5ccccc5)c5ccc6ccccc6c5)cc4)c4c(c3)oc3ccc5ccccc5c34)=NC(c3ccccc3)N2)cc1. The van der Waals surface area contributed by atoms with E-state index >= 15 is 0 Å². The van der Waals surface area contributed by atoms with Crippen LogP contribution in [0, 0.1) is 0 Å². The van der Waals surface area contributed by atoms with Crippen LogP contribution in [0.1, 0.15) is 22.9 Å². The number of benzene rings is 9. The van der Waals surface area contributed by atoms with E-state index in [0.29, 0.717) is 5.84 Å². The van der Waals surface area contributed by atoms with Crippen LogP contribution in [0.5, 0.6) is 0 Å². The van der Waals surface area contributed by atoms with Gasteiger partial charge in [-0.05, 0) is 92.8 Å². The van der Waals surface area contributed by atoms with E-state index in [4.69, 9.17) is 14.4 Å². The van der Waals surface area contributed by atoms with Gasteiger partial charge in [0.1, 0.15) is 23.2 Å². The van der Waals surface area contributed by atoms with Crippen LogP contribution in [-0.4, -0.2) is 11.7 Å². The highest BCUT2D eigenvalue weighted by Crippen LogP contribution is 2.43. The van der Waals surface area contributed by atoms with E-state index in [2.05, 4.69) is 180 Å². The van der Waals surface area contributed by atoms with E-state index < -0.39 is 0 Å². The Balaban J connectivity index is 1.11. The van der Waals surface area contributed by atoms with Crippen molar-refractivity contribution in [1.82, 2.24) is 5.32 Å². The second kappa shape index (κ2) is 14.1. The number of furan rings is 1. The molecule has 1 unspecified atom stereocenters. The van der Waals surface area contributed by atoms with Crippen molar-refractivity contribution < 1.29 is 4.42 Å². The molecule has 274 valence electrons. The quantitative estimate of drug-likeness (QED) is 0.177. The van der Waals surface area contributed by atoms with Gasteiger partial charge in [-0.3, -0.25) is 0 Å². The molecule has 10 aromatic rings. The lowest BCUT2D eigenvalue weighted by Crippen LogP contribution is -2.33. The molecule has 1 aliphatic heterocycles. The van der Waals surface area contributed by atoms with Gasteiger partial charge in [-0.15, -0.1) is 0 Å². The summed E-state index contributed by atoms with van der Waals surface area (Å²) in [5.41, 5.74) is 9.95. The van der Waals surface area contributed by atoms with Crippen LogP contribution in [0.3, 0.4) is 0 Å². The van der Waals surface area contributed by atoms with E-state index in [9.17, 15) is 0 Å². The monoisotopic (exact) mass is 744 g/mol. The van der Waals surface area contributed by atoms with Crippen molar-refractivity contribution >= 4 is 72.2 Å². The highest BCUT2D eigenvalue weighted by molar-refractivity contribution is 6.24. The standard InChI is InChI=1S/C53H36N4O/c1-4-16-38(17-5-1)51-54-52(39-18-6-2-7-19-39)56-53(55-51)41-33-46(50-48(34-41)58-47-31-27-36-15-12-13-23-45(36)49(47)50)37-25-28-43(29-26-37)57(42-21-8-3-9-22-42)44-30-24-35-14-10-11-20-40(35)32-44/h1-34,51H,(H,54,55,56). The van der Waals surface area contributed by atoms with Crippen molar-refractivity contribution in [2.75, 3.05) is 4.90 Å².